The number of carbonyl (C=O) groups is 2. The number of rotatable bonds is 2. The first-order valence-corrected chi connectivity index (χ1v) is 21.4. The summed E-state index contributed by atoms with van der Waals surface area (Å²) in [4.78, 5) is 25.1. The summed E-state index contributed by atoms with van der Waals surface area (Å²) in [7, 11) is 0. The van der Waals surface area contributed by atoms with Gasteiger partial charge in [0.1, 0.15) is 18.0 Å². The zero-order valence-electron chi connectivity index (χ0n) is 35.6. The van der Waals surface area contributed by atoms with E-state index in [-0.39, 0.29) is 75.4 Å². The highest BCUT2D eigenvalue weighted by atomic mass is 16.7. The van der Waals surface area contributed by atoms with E-state index in [4.69, 9.17) is 24.7 Å². The Bertz CT molecular complexity index is 1510. The number of nitrogens with two attached hydrogens (primary N) is 1. The third-order valence-corrected chi connectivity index (χ3v) is 11.2. The summed E-state index contributed by atoms with van der Waals surface area (Å²) in [5, 5.41) is 75.4. The highest BCUT2D eigenvalue weighted by molar-refractivity contribution is 5.78. The molecule has 3 aliphatic rings. The molecule has 3 aliphatic heterocycles. The van der Waals surface area contributed by atoms with E-state index in [9.17, 15) is 45.3 Å². The molecule has 60 heavy (non-hydrogen) atoms. The Morgan fingerprint density at radius 1 is 0.667 bits per heavy atom. The van der Waals surface area contributed by atoms with Gasteiger partial charge in [-0.05, 0) is 46.0 Å². The van der Waals surface area contributed by atoms with Gasteiger partial charge in [0, 0.05) is 43.9 Å². The normalized spacial score (nSPS) is 39.7. The van der Waals surface area contributed by atoms with Gasteiger partial charge in [-0.25, -0.2) is 0 Å². The van der Waals surface area contributed by atoms with E-state index >= 15 is 0 Å². The summed E-state index contributed by atoms with van der Waals surface area (Å²) in [5.41, 5.74) is 6.04. The van der Waals surface area contributed by atoms with Crippen LogP contribution in [-0.2, 0) is 28.5 Å². The van der Waals surface area contributed by atoms with Crippen LogP contribution in [0, 0.1) is 11.8 Å². The Morgan fingerprint density at radius 2 is 1.20 bits per heavy atom. The van der Waals surface area contributed by atoms with Crippen molar-refractivity contribution >= 4 is 11.8 Å². The van der Waals surface area contributed by atoms with Crippen molar-refractivity contribution in [2.75, 3.05) is 0 Å². The molecule has 15 atom stereocenters. The lowest BCUT2D eigenvalue weighted by Crippen LogP contribution is -2.61. The molecule has 0 aromatic carbocycles. The van der Waals surface area contributed by atoms with Crippen LogP contribution in [0.3, 0.4) is 0 Å². The molecule has 338 valence electrons. The maximum Gasteiger partial charge on any atom is 0.308 e. The molecule has 14 heteroatoms. The fraction of sp³-hybridized carbons (Fsp3) is 0.652. The van der Waals surface area contributed by atoms with Gasteiger partial charge in [-0.15, -0.1) is 0 Å². The van der Waals surface area contributed by atoms with Crippen LogP contribution in [0.5, 0.6) is 0 Å². The number of aliphatic hydroxyl groups is 7. The first kappa shape index (κ1) is 51.2. The topological polar surface area (TPSA) is 239 Å². The maximum absolute atomic E-state index is 12.6. The van der Waals surface area contributed by atoms with E-state index in [1.54, 1.807) is 39.0 Å². The zero-order chi connectivity index (χ0) is 44.2. The van der Waals surface area contributed by atoms with Crippen molar-refractivity contribution in [2.24, 2.45) is 17.6 Å². The van der Waals surface area contributed by atoms with Crippen molar-refractivity contribution in [3.05, 3.63) is 85.1 Å². The van der Waals surface area contributed by atoms with Crippen LogP contribution < -0.4 is 5.73 Å². The average Bonchev–Trinajstić information content (AvgIpc) is 3.17. The average molecular weight is 846 g/mol. The third kappa shape index (κ3) is 18.5. The summed E-state index contributed by atoms with van der Waals surface area (Å²) < 4.78 is 23.5. The molecular weight excluding hydrogens is 775 g/mol. The van der Waals surface area contributed by atoms with Gasteiger partial charge in [-0.3, -0.25) is 9.59 Å². The zero-order valence-corrected chi connectivity index (χ0v) is 35.6. The molecule has 0 spiro atoms. The Kier molecular flexibility index (Phi) is 22.5. The number of fused-ring (bicyclic) bond motifs is 2. The van der Waals surface area contributed by atoms with E-state index in [0.717, 1.165) is 0 Å². The van der Waals surface area contributed by atoms with Crippen molar-refractivity contribution in [1.29, 1.82) is 0 Å². The van der Waals surface area contributed by atoms with E-state index in [1.807, 2.05) is 73.8 Å². The fourth-order valence-electron chi connectivity index (χ4n) is 7.49. The molecule has 3 rings (SSSR count). The minimum atomic E-state index is -1.86. The predicted molar refractivity (Wildman–Crippen MR) is 227 cm³/mol. The molecule has 0 aromatic rings. The number of allylic oxidation sites excluding steroid dienone is 12. The lowest BCUT2D eigenvalue weighted by Gasteiger charge is -2.43. The van der Waals surface area contributed by atoms with Gasteiger partial charge >= 0.3 is 5.97 Å². The SMILES string of the molecule is CC1OC(O[C@H]2C=CC=CC=CC=CC=CC=CC=C[C@H](C)[C@@H](O)[C@@H](C)[C@H](C)OC(=O)C[C@H](O)CCCC(=O)CCC[C@H](O)C[C@]3(O)C[C@H](O)CC(C2)O3)C(O)C(N)C1O. The third-order valence-electron chi connectivity index (χ3n) is 11.2. The Hall–Kier alpha value is -3.12. The highest BCUT2D eigenvalue weighted by Gasteiger charge is 2.44. The summed E-state index contributed by atoms with van der Waals surface area (Å²) in [6.45, 7) is 7.02. The van der Waals surface area contributed by atoms with Crippen LogP contribution >= 0.6 is 0 Å². The number of cyclic esters (lactones) is 1. The summed E-state index contributed by atoms with van der Waals surface area (Å²) in [6, 6.07) is -1.01. The number of aliphatic hydroxyl groups excluding tert-OH is 6. The largest absolute Gasteiger partial charge is 0.462 e. The first-order valence-electron chi connectivity index (χ1n) is 21.4. The lowest BCUT2D eigenvalue weighted by molar-refractivity contribution is -0.297. The molecule has 0 saturated carbocycles. The van der Waals surface area contributed by atoms with E-state index in [0.29, 0.717) is 12.8 Å². The highest BCUT2D eigenvalue weighted by Crippen LogP contribution is 2.34. The molecule has 0 amide bonds. The molecule has 3 heterocycles. The molecule has 0 aliphatic carbocycles. The van der Waals surface area contributed by atoms with Gasteiger partial charge in [-0.2, -0.15) is 0 Å². The van der Waals surface area contributed by atoms with Gasteiger partial charge in [0.25, 0.3) is 0 Å². The minimum absolute atomic E-state index is 0.0615. The predicted octanol–water partition coefficient (Wildman–Crippen LogP) is 3.67. The van der Waals surface area contributed by atoms with Crippen LogP contribution in [-0.4, -0.2) is 127 Å². The number of hydrogen-bond donors (Lipinski definition) is 8. The molecular formula is C46H71NO13. The monoisotopic (exact) mass is 845 g/mol. The van der Waals surface area contributed by atoms with Crippen molar-refractivity contribution in [3.63, 3.8) is 0 Å². The number of carbonyl (C=O) groups excluding carboxylic acids is 2. The van der Waals surface area contributed by atoms with Crippen LogP contribution in [0.25, 0.3) is 0 Å². The summed E-state index contributed by atoms with van der Waals surface area (Å²) in [5.74, 6) is -3.08. The molecule has 2 fully saturated rings. The van der Waals surface area contributed by atoms with Crippen molar-refractivity contribution < 1.29 is 64.3 Å². The molecule has 0 aromatic heterocycles. The molecule has 0 radical (unpaired) electrons. The van der Waals surface area contributed by atoms with E-state index < -0.39 is 85.1 Å². The van der Waals surface area contributed by atoms with Crippen LogP contribution in [0.4, 0.5) is 0 Å². The Labute approximate surface area is 355 Å². The van der Waals surface area contributed by atoms with Gasteiger partial charge < -0.3 is 60.4 Å². The quantitative estimate of drug-likeness (QED) is 0.185. The molecule has 6 unspecified atom stereocenters. The van der Waals surface area contributed by atoms with E-state index in [2.05, 4.69) is 0 Å². The number of esters is 1. The molecule has 2 bridgehead atoms. The van der Waals surface area contributed by atoms with Crippen LogP contribution in [0.1, 0.15) is 98.3 Å². The second-order valence-electron chi connectivity index (χ2n) is 16.6. The lowest BCUT2D eigenvalue weighted by atomic mass is 9.89. The molecule has 2 saturated heterocycles. The second-order valence-corrected chi connectivity index (χ2v) is 16.6. The van der Waals surface area contributed by atoms with Gasteiger partial charge in [0.2, 0.25) is 0 Å². The smallest absolute Gasteiger partial charge is 0.308 e. The van der Waals surface area contributed by atoms with Gasteiger partial charge in [0.15, 0.2) is 12.1 Å². The van der Waals surface area contributed by atoms with Crippen molar-refractivity contribution in [1.82, 2.24) is 0 Å². The van der Waals surface area contributed by atoms with Gasteiger partial charge in [-0.1, -0.05) is 98.9 Å². The summed E-state index contributed by atoms with van der Waals surface area (Å²) in [6.07, 6.45) is 16.8. The van der Waals surface area contributed by atoms with Crippen molar-refractivity contribution in [3.8, 4) is 0 Å². The number of hydrogen-bond acceptors (Lipinski definition) is 14. The first-order chi connectivity index (χ1) is 28.5. The van der Waals surface area contributed by atoms with Crippen LogP contribution in [0.2, 0.25) is 0 Å². The Balaban J connectivity index is 1.74. The molecule has 9 N–H and O–H groups in total. The fourth-order valence-corrected chi connectivity index (χ4v) is 7.49. The standard InChI is InChI=1S/C46H71NO13/c1-30-19-15-13-11-9-7-5-6-8-10-12-14-16-24-38(59-45-44(55)41(47)43(54)33(4)58-45)27-39-25-37(51)29-46(56,60-39)28-36(50)23-18-21-34(48)20-17-22-35(49)26-40(52)57-32(3)31(2)42(30)53/h5-16,19,24,30-33,35-39,41-45,49-51,53-56H,17-18,20-23,25-29,47H2,1-4H3/t30-,31-,32-,33?,35+,36-,37+,38-,39?,41?,42+,43?,44?,45?,46+/m0/s1. The van der Waals surface area contributed by atoms with Crippen LogP contribution in [0.15, 0.2) is 85.1 Å². The van der Waals surface area contributed by atoms with Gasteiger partial charge in [0.05, 0.1) is 61.3 Å². The number of Topliss-reactive ketones (excluding diaryl/α,β-unsaturated/α-hetero) is 1. The molecule has 14 nitrogen and oxygen atoms in total. The van der Waals surface area contributed by atoms with Crippen molar-refractivity contribution in [2.45, 2.75) is 177 Å². The number of ketones is 1. The maximum atomic E-state index is 12.6. The Morgan fingerprint density at radius 3 is 1.80 bits per heavy atom. The summed E-state index contributed by atoms with van der Waals surface area (Å²) >= 11 is 0. The number of ether oxygens (including phenoxy) is 4. The second kappa shape index (κ2) is 26.4. The minimum Gasteiger partial charge on any atom is -0.462 e. The van der Waals surface area contributed by atoms with E-state index in [1.165, 1.54) is 0 Å².